The predicted molar refractivity (Wildman–Crippen MR) is 84.1 cm³/mol. The minimum atomic E-state index is 0.221. The van der Waals surface area contributed by atoms with Gasteiger partial charge in [0.15, 0.2) is 0 Å². The van der Waals surface area contributed by atoms with Crippen molar-refractivity contribution >= 4 is 11.6 Å². The van der Waals surface area contributed by atoms with Crippen molar-refractivity contribution in [3.05, 3.63) is 52.3 Å². The number of nitrogens with one attached hydrogen (secondary N) is 1. The lowest BCUT2D eigenvalue weighted by Crippen LogP contribution is -2.25. The Kier molecular flexibility index (Phi) is 5.21. The van der Waals surface area contributed by atoms with Crippen LogP contribution in [0, 0.1) is 6.92 Å². The van der Waals surface area contributed by atoms with E-state index in [9.17, 15) is 0 Å². The van der Waals surface area contributed by atoms with E-state index in [0.29, 0.717) is 0 Å². The van der Waals surface area contributed by atoms with Crippen LogP contribution >= 0.6 is 11.6 Å². The van der Waals surface area contributed by atoms with E-state index in [4.69, 9.17) is 11.6 Å². The highest BCUT2D eigenvalue weighted by Gasteiger charge is 2.16. The molecule has 4 heteroatoms. The minimum Gasteiger partial charge on any atom is -0.310 e. The quantitative estimate of drug-likeness (QED) is 0.880. The second-order valence-electron chi connectivity index (χ2n) is 5.13. The molecule has 0 aliphatic heterocycles. The lowest BCUT2D eigenvalue weighted by Gasteiger charge is -2.20. The zero-order chi connectivity index (χ0) is 14.5. The first kappa shape index (κ1) is 15.1. The summed E-state index contributed by atoms with van der Waals surface area (Å²) in [4.78, 5) is 0. The maximum Gasteiger partial charge on any atom is 0.0596 e. The van der Waals surface area contributed by atoms with Gasteiger partial charge in [-0.15, -0.1) is 0 Å². The van der Waals surface area contributed by atoms with Crippen molar-refractivity contribution in [3.63, 3.8) is 0 Å². The van der Waals surface area contributed by atoms with E-state index in [-0.39, 0.29) is 6.04 Å². The number of hydrogen-bond acceptors (Lipinski definition) is 2. The van der Waals surface area contributed by atoms with Gasteiger partial charge in [0.05, 0.1) is 5.69 Å². The lowest BCUT2D eigenvalue weighted by molar-refractivity contribution is 0.512. The molecule has 0 bridgehead atoms. The zero-order valence-corrected chi connectivity index (χ0v) is 13.1. The fourth-order valence-corrected chi connectivity index (χ4v) is 2.70. The van der Waals surface area contributed by atoms with Crippen LogP contribution in [0.15, 0.2) is 30.3 Å². The van der Waals surface area contributed by atoms with E-state index in [0.717, 1.165) is 35.7 Å². The molecule has 1 N–H and O–H groups in total. The number of nitrogens with zero attached hydrogens (tertiary/aromatic N) is 2. The van der Waals surface area contributed by atoms with Gasteiger partial charge in [0, 0.05) is 30.2 Å². The highest BCUT2D eigenvalue weighted by molar-refractivity contribution is 6.31. The number of benzene rings is 1. The van der Waals surface area contributed by atoms with Gasteiger partial charge in [0.1, 0.15) is 0 Å². The van der Waals surface area contributed by atoms with Crippen LogP contribution in [-0.2, 0) is 13.5 Å². The second-order valence-corrected chi connectivity index (χ2v) is 5.54. The summed E-state index contributed by atoms with van der Waals surface area (Å²) in [5.74, 6) is 0. The first-order valence-corrected chi connectivity index (χ1v) is 7.47. The summed E-state index contributed by atoms with van der Waals surface area (Å²) in [5.41, 5.74) is 3.42. The number of aryl methyl sites for hydroxylation is 2. The topological polar surface area (TPSA) is 29.9 Å². The van der Waals surface area contributed by atoms with E-state index >= 15 is 0 Å². The van der Waals surface area contributed by atoms with Crippen molar-refractivity contribution in [2.45, 2.75) is 32.7 Å². The molecule has 108 valence electrons. The van der Waals surface area contributed by atoms with Crippen LogP contribution < -0.4 is 5.32 Å². The SMILES string of the molecule is CCCNC(Cc1cc(C)nn1C)c1ccccc1Cl. The van der Waals surface area contributed by atoms with E-state index in [2.05, 4.69) is 29.5 Å². The number of halogens is 1. The highest BCUT2D eigenvalue weighted by atomic mass is 35.5. The van der Waals surface area contributed by atoms with Crippen LogP contribution in [0.5, 0.6) is 0 Å². The standard InChI is InChI=1S/C16H22ClN3/c1-4-9-18-16(14-7-5-6-8-15(14)17)11-13-10-12(2)19-20(13)3/h5-8,10,16,18H,4,9,11H2,1-3H3. The average Bonchev–Trinajstić information content (AvgIpc) is 2.73. The summed E-state index contributed by atoms with van der Waals surface area (Å²) in [6.45, 7) is 5.17. The molecule has 2 aromatic rings. The second kappa shape index (κ2) is 6.91. The third kappa shape index (κ3) is 3.62. The molecular formula is C16H22ClN3. The van der Waals surface area contributed by atoms with E-state index in [1.165, 1.54) is 5.69 Å². The molecule has 1 aromatic heterocycles. The van der Waals surface area contributed by atoms with Crippen molar-refractivity contribution in [1.29, 1.82) is 0 Å². The summed E-state index contributed by atoms with van der Waals surface area (Å²) < 4.78 is 1.95. The zero-order valence-electron chi connectivity index (χ0n) is 12.4. The van der Waals surface area contributed by atoms with Crippen LogP contribution in [0.4, 0.5) is 0 Å². The Morgan fingerprint density at radius 3 is 2.70 bits per heavy atom. The lowest BCUT2D eigenvalue weighted by atomic mass is 10.0. The van der Waals surface area contributed by atoms with Gasteiger partial charge in [-0.25, -0.2) is 0 Å². The van der Waals surface area contributed by atoms with Crippen LogP contribution in [-0.4, -0.2) is 16.3 Å². The molecule has 20 heavy (non-hydrogen) atoms. The summed E-state index contributed by atoms with van der Waals surface area (Å²) in [5, 5.41) is 8.82. The summed E-state index contributed by atoms with van der Waals surface area (Å²) >= 11 is 6.35. The highest BCUT2D eigenvalue weighted by Crippen LogP contribution is 2.25. The van der Waals surface area contributed by atoms with Gasteiger partial charge in [-0.1, -0.05) is 36.7 Å². The predicted octanol–water partition coefficient (Wildman–Crippen LogP) is 3.67. The van der Waals surface area contributed by atoms with Gasteiger partial charge in [0.2, 0.25) is 0 Å². The molecule has 0 amide bonds. The Morgan fingerprint density at radius 2 is 2.10 bits per heavy atom. The molecule has 1 aromatic carbocycles. The molecule has 0 spiro atoms. The Labute approximate surface area is 126 Å². The minimum absolute atomic E-state index is 0.221. The molecule has 0 radical (unpaired) electrons. The molecular weight excluding hydrogens is 270 g/mol. The summed E-state index contributed by atoms with van der Waals surface area (Å²) in [7, 11) is 1.99. The van der Waals surface area contributed by atoms with Gasteiger partial charge < -0.3 is 5.32 Å². The summed E-state index contributed by atoms with van der Waals surface area (Å²) in [6.07, 6.45) is 1.99. The van der Waals surface area contributed by atoms with Crippen LogP contribution in [0.2, 0.25) is 5.02 Å². The Balaban J connectivity index is 2.24. The Hall–Kier alpha value is -1.32. The van der Waals surface area contributed by atoms with Crippen molar-refractivity contribution in [3.8, 4) is 0 Å². The van der Waals surface area contributed by atoms with Crippen molar-refractivity contribution in [1.82, 2.24) is 15.1 Å². The van der Waals surface area contributed by atoms with Gasteiger partial charge in [0.25, 0.3) is 0 Å². The fraction of sp³-hybridized carbons (Fsp3) is 0.438. The molecule has 0 aliphatic carbocycles. The molecule has 1 unspecified atom stereocenters. The Bertz CT molecular complexity index is 563. The van der Waals surface area contributed by atoms with Gasteiger partial charge in [-0.05, 0) is 37.6 Å². The van der Waals surface area contributed by atoms with E-state index in [1.54, 1.807) is 0 Å². The number of aromatic nitrogens is 2. The molecule has 1 heterocycles. The molecule has 0 aliphatic rings. The first-order valence-electron chi connectivity index (χ1n) is 7.09. The molecule has 2 rings (SSSR count). The average molecular weight is 292 g/mol. The molecule has 0 saturated carbocycles. The third-order valence-corrected chi connectivity index (χ3v) is 3.78. The third-order valence-electron chi connectivity index (χ3n) is 3.43. The van der Waals surface area contributed by atoms with Crippen molar-refractivity contribution in [2.24, 2.45) is 7.05 Å². The first-order chi connectivity index (χ1) is 9.61. The molecule has 0 saturated heterocycles. The summed E-state index contributed by atoms with van der Waals surface area (Å²) in [6, 6.07) is 10.4. The van der Waals surface area contributed by atoms with Crippen molar-refractivity contribution < 1.29 is 0 Å². The van der Waals surface area contributed by atoms with Gasteiger partial charge >= 0.3 is 0 Å². The van der Waals surface area contributed by atoms with Crippen LogP contribution in [0.3, 0.4) is 0 Å². The maximum absolute atomic E-state index is 6.35. The van der Waals surface area contributed by atoms with E-state index < -0.39 is 0 Å². The molecule has 1 atom stereocenters. The van der Waals surface area contributed by atoms with E-state index in [1.807, 2.05) is 36.9 Å². The number of rotatable bonds is 6. The molecule has 3 nitrogen and oxygen atoms in total. The molecule has 0 fully saturated rings. The Morgan fingerprint density at radius 1 is 1.35 bits per heavy atom. The van der Waals surface area contributed by atoms with Crippen LogP contribution in [0.25, 0.3) is 0 Å². The van der Waals surface area contributed by atoms with Crippen LogP contribution in [0.1, 0.15) is 36.3 Å². The monoisotopic (exact) mass is 291 g/mol. The normalized spacial score (nSPS) is 12.6. The fourth-order valence-electron chi connectivity index (χ4n) is 2.43. The largest absolute Gasteiger partial charge is 0.310 e. The van der Waals surface area contributed by atoms with Gasteiger partial charge in [-0.2, -0.15) is 5.10 Å². The van der Waals surface area contributed by atoms with Gasteiger partial charge in [-0.3, -0.25) is 4.68 Å². The van der Waals surface area contributed by atoms with Crippen molar-refractivity contribution in [2.75, 3.05) is 6.54 Å². The maximum atomic E-state index is 6.35. The number of hydrogen-bond donors (Lipinski definition) is 1. The smallest absolute Gasteiger partial charge is 0.0596 e.